The largest absolute Gasteiger partial charge is 0.428 e. The van der Waals surface area contributed by atoms with E-state index in [1.54, 1.807) is 0 Å². The highest BCUT2D eigenvalue weighted by Gasteiger charge is 2.50. The second-order valence-corrected chi connectivity index (χ2v) is 4.29. The molecule has 1 atom stereocenters. The Labute approximate surface area is 107 Å². The lowest BCUT2D eigenvalue weighted by atomic mass is 10.1. The normalized spacial score (nSPS) is 22.1. The smallest absolute Gasteiger partial charge is 0.363 e. The van der Waals surface area contributed by atoms with Crippen LogP contribution in [0.25, 0.3) is 0 Å². The van der Waals surface area contributed by atoms with Gasteiger partial charge in [0.05, 0.1) is 0 Å². The van der Waals surface area contributed by atoms with Crippen LogP contribution in [0.5, 0.6) is 0 Å². The van der Waals surface area contributed by atoms with Crippen molar-refractivity contribution in [1.82, 2.24) is 5.32 Å². The van der Waals surface area contributed by atoms with Crippen LogP contribution in [0.4, 0.5) is 13.2 Å². The number of unbranched alkanes of at least 4 members (excludes halogenated alkanes) is 4. The topological polar surface area (TPSA) is 38.0 Å². The molecule has 3 N–H and O–H groups in total. The molecule has 0 aromatic carbocycles. The summed E-state index contributed by atoms with van der Waals surface area (Å²) in [7, 11) is 0. The summed E-state index contributed by atoms with van der Waals surface area (Å²) >= 11 is 0. The fraction of sp³-hybridized carbons (Fsp3) is 0.692. The lowest BCUT2D eigenvalue weighted by Crippen LogP contribution is -2.61. The Hall–Kier alpha value is -0.970. The number of nitrogens with two attached hydrogens (primary N) is 1. The zero-order valence-corrected chi connectivity index (χ0v) is 11.1. The van der Waals surface area contributed by atoms with Gasteiger partial charge in [-0.05, 0) is 18.4 Å². The van der Waals surface area contributed by atoms with Crippen molar-refractivity contribution >= 4 is 0 Å². The quantitative estimate of drug-likeness (QED) is 0.757. The van der Waals surface area contributed by atoms with Crippen molar-refractivity contribution in [2.24, 2.45) is 5.73 Å². The summed E-state index contributed by atoms with van der Waals surface area (Å²) in [6, 6.07) is 0. The molecule has 0 spiro atoms. The molecule has 1 heterocycles. The maximum Gasteiger partial charge on any atom is 0.428 e. The number of alkyl halides is 3. The van der Waals surface area contributed by atoms with Crippen molar-refractivity contribution in [3.05, 3.63) is 24.4 Å². The van der Waals surface area contributed by atoms with Gasteiger partial charge in [-0.15, -0.1) is 0 Å². The molecule has 106 valence electrons. The fourth-order valence-electron chi connectivity index (χ4n) is 1.35. The third kappa shape index (κ3) is 6.10. The lowest BCUT2D eigenvalue weighted by Gasteiger charge is -2.30. The fourth-order valence-corrected chi connectivity index (χ4v) is 1.35. The molecule has 1 unspecified atom stereocenters. The molecule has 18 heavy (non-hydrogen) atoms. The van der Waals surface area contributed by atoms with Crippen LogP contribution >= 0.6 is 0 Å². The van der Waals surface area contributed by atoms with Gasteiger partial charge in [0.15, 0.2) is 0 Å². The Balaban J connectivity index is 0.000000360. The Kier molecular flexibility index (Phi) is 7.75. The molecule has 0 saturated heterocycles. The van der Waals surface area contributed by atoms with Crippen molar-refractivity contribution < 1.29 is 13.2 Å². The molecule has 0 bridgehead atoms. The molecule has 0 aliphatic carbocycles. The van der Waals surface area contributed by atoms with Gasteiger partial charge in [-0.1, -0.05) is 52.0 Å². The molecule has 2 nitrogen and oxygen atoms in total. The standard InChI is InChI=1S/C7H16.C6H7F3N2/c1-3-5-7-6-4-2;7-6(8,9)5(10)3-1-2-4-11-5/h3-7H2,1-2H3;1-4,11H,10H2. The molecular formula is C13H23F3N2. The molecule has 0 radical (unpaired) electrons. The number of dihydropyridines is 1. The molecule has 0 aromatic rings. The van der Waals surface area contributed by atoms with E-state index in [1.807, 2.05) is 5.32 Å². The maximum absolute atomic E-state index is 12.1. The van der Waals surface area contributed by atoms with E-state index >= 15 is 0 Å². The summed E-state index contributed by atoms with van der Waals surface area (Å²) in [6.45, 7) is 4.49. The van der Waals surface area contributed by atoms with Gasteiger partial charge in [-0.25, -0.2) is 0 Å². The van der Waals surface area contributed by atoms with E-state index in [1.165, 1.54) is 44.3 Å². The molecule has 0 fully saturated rings. The van der Waals surface area contributed by atoms with Gasteiger partial charge in [0.25, 0.3) is 0 Å². The second kappa shape index (κ2) is 8.19. The third-order valence-electron chi connectivity index (χ3n) is 2.56. The number of halogens is 3. The van der Waals surface area contributed by atoms with Crippen molar-refractivity contribution in [2.45, 2.75) is 57.8 Å². The summed E-state index contributed by atoms with van der Waals surface area (Å²) in [5.41, 5.74) is 2.56. The Bertz CT molecular complexity index is 268. The van der Waals surface area contributed by atoms with Gasteiger partial charge < -0.3 is 5.32 Å². The van der Waals surface area contributed by atoms with Gasteiger partial charge in [0, 0.05) is 0 Å². The van der Waals surface area contributed by atoms with E-state index in [4.69, 9.17) is 5.73 Å². The van der Waals surface area contributed by atoms with Gasteiger partial charge in [0.1, 0.15) is 0 Å². The Morgan fingerprint density at radius 1 is 1.06 bits per heavy atom. The first-order valence-electron chi connectivity index (χ1n) is 6.35. The van der Waals surface area contributed by atoms with Gasteiger partial charge in [-0.3, -0.25) is 5.73 Å². The van der Waals surface area contributed by atoms with Gasteiger partial charge >= 0.3 is 6.18 Å². The molecule has 5 heteroatoms. The van der Waals surface area contributed by atoms with Gasteiger partial charge in [0.2, 0.25) is 5.66 Å². The van der Waals surface area contributed by atoms with Crippen LogP contribution in [0.1, 0.15) is 46.0 Å². The maximum atomic E-state index is 12.1. The summed E-state index contributed by atoms with van der Waals surface area (Å²) in [4.78, 5) is 0. The zero-order valence-electron chi connectivity index (χ0n) is 11.1. The highest BCUT2D eigenvalue weighted by atomic mass is 19.4. The van der Waals surface area contributed by atoms with Crippen LogP contribution in [0.3, 0.4) is 0 Å². The summed E-state index contributed by atoms with van der Waals surface area (Å²) in [5, 5.41) is 2.02. The first-order chi connectivity index (χ1) is 8.37. The first kappa shape index (κ1) is 17.0. The molecule has 0 amide bonds. The molecule has 0 aromatic heterocycles. The van der Waals surface area contributed by atoms with E-state index in [2.05, 4.69) is 13.8 Å². The Morgan fingerprint density at radius 3 is 1.89 bits per heavy atom. The number of allylic oxidation sites excluding steroid dienone is 2. The van der Waals surface area contributed by atoms with Crippen LogP contribution in [0, 0.1) is 0 Å². The minimum Gasteiger partial charge on any atom is -0.363 e. The predicted octanol–water partition coefficient (Wildman–Crippen LogP) is 3.85. The lowest BCUT2D eigenvalue weighted by molar-refractivity contribution is -0.177. The number of hydrogen-bond donors (Lipinski definition) is 2. The number of nitrogens with one attached hydrogen (secondary N) is 1. The van der Waals surface area contributed by atoms with Crippen LogP contribution in [0.15, 0.2) is 24.4 Å². The van der Waals surface area contributed by atoms with Crippen molar-refractivity contribution in [1.29, 1.82) is 0 Å². The van der Waals surface area contributed by atoms with Gasteiger partial charge in [-0.2, -0.15) is 13.2 Å². The molecule has 1 aliphatic rings. The van der Waals surface area contributed by atoms with E-state index in [-0.39, 0.29) is 0 Å². The monoisotopic (exact) mass is 264 g/mol. The minimum absolute atomic E-state index is 0.868. The van der Waals surface area contributed by atoms with Crippen molar-refractivity contribution in [3.8, 4) is 0 Å². The average molecular weight is 264 g/mol. The number of rotatable bonds is 4. The molecule has 1 rings (SSSR count). The third-order valence-corrected chi connectivity index (χ3v) is 2.56. The summed E-state index contributed by atoms with van der Waals surface area (Å²) < 4.78 is 36.2. The van der Waals surface area contributed by atoms with Crippen LogP contribution < -0.4 is 11.1 Å². The minimum atomic E-state index is -4.46. The zero-order chi connectivity index (χ0) is 14.1. The van der Waals surface area contributed by atoms with E-state index < -0.39 is 11.8 Å². The SMILES string of the molecule is CCCCCCC.NC1(C(F)(F)F)C=CC=CN1. The summed E-state index contributed by atoms with van der Waals surface area (Å²) in [5.74, 6) is 0. The van der Waals surface area contributed by atoms with Crippen LogP contribution in [-0.4, -0.2) is 11.8 Å². The highest BCUT2D eigenvalue weighted by Crippen LogP contribution is 2.28. The highest BCUT2D eigenvalue weighted by molar-refractivity contribution is 5.19. The molecular weight excluding hydrogens is 241 g/mol. The number of hydrogen-bond acceptors (Lipinski definition) is 2. The summed E-state index contributed by atoms with van der Waals surface area (Å²) in [6.07, 6.45) is 7.27. The van der Waals surface area contributed by atoms with Crippen molar-refractivity contribution in [2.75, 3.05) is 0 Å². The Morgan fingerprint density at radius 2 is 1.61 bits per heavy atom. The van der Waals surface area contributed by atoms with Crippen LogP contribution in [0.2, 0.25) is 0 Å². The van der Waals surface area contributed by atoms with Crippen LogP contribution in [-0.2, 0) is 0 Å². The predicted molar refractivity (Wildman–Crippen MR) is 68.8 cm³/mol. The average Bonchev–Trinajstić information content (AvgIpc) is 2.30. The molecule has 0 saturated carbocycles. The molecule has 1 aliphatic heterocycles. The first-order valence-corrected chi connectivity index (χ1v) is 6.35. The van der Waals surface area contributed by atoms with E-state index in [0.29, 0.717) is 0 Å². The second-order valence-electron chi connectivity index (χ2n) is 4.29. The van der Waals surface area contributed by atoms with Crippen molar-refractivity contribution in [3.63, 3.8) is 0 Å². The van der Waals surface area contributed by atoms with E-state index in [9.17, 15) is 13.2 Å². The van der Waals surface area contributed by atoms with E-state index in [0.717, 1.165) is 12.3 Å².